The Morgan fingerprint density at radius 1 is 0.836 bits per heavy atom. The summed E-state index contributed by atoms with van der Waals surface area (Å²) in [6, 6.07) is 16.5. The third-order valence-corrected chi connectivity index (χ3v) is 12.4. The third kappa shape index (κ3) is 8.19. The summed E-state index contributed by atoms with van der Waals surface area (Å²) in [5.41, 5.74) is 6.83. The summed E-state index contributed by atoms with van der Waals surface area (Å²) >= 11 is 0. The van der Waals surface area contributed by atoms with Crippen LogP contribution in [0.2, 0.25) is 0 Å². The van der Waals surface area contributed by atoms with Crippen molar-refractivity contribution < 1.29 is 42.9 Å². The quantitative estimate of drug-likeness (QED) is 0.170. The van der Waals surface area contributed by atoms with E-state index in [-0.39, 0.29) is 30.3 Å². The topological polar surface area (TPSA) is 186 Å². The molecule has 1 aromatic heterocycles. The molecule has 3 fully saturated rings. The molecule has 4 amide bonds. The Kier molecular flexibility index (Phi) is 11.9. The molecule has 5 atom stereocenters. The van der Waals surface area contributed by atoms with Crippen LogP contribution in [-0.4, -0.2) is 127 Å². The van der Waals surface area contributed by atoms with Gasteiger partial charge in [0, 0.05) is 32.2 Å². The van der Waals surface area contributed by atoms with Gasteiger partial charge in [-0.25, -0.2) is 14.6 Å². The van der Waals surface area contributed by atoms with E-state index in [1.807, 2.05) is 36.9 Å². The number of aromatic nitrogens is 2. The summed E-state index contributed by atoms with van der Waals surface area (Å²) < 4.78 is 27.1. The van der Waals surface area contributed by atoms with Gasteiger partial charge in [0.15, 0.2) is 5.79 Å². The molecule has 8 rings (SSSR count). The fourth-order valence-electron chi connectivity index (χ4n) is 9.07. The Balaban J connectivity index is 0.973. The maximum atomic E-state index is 14.0. The summed E-state index contributed by atoms with van der Waals surface area (Å²) in [6.07, 6.45) is 2.53. The molecule has 0 unspecified atom stereocenters. The second-order valence-electron chi connectivity index (χ2n) is 16.4. The van der Waals surface area contributed by atoms with Crippen LogP contribution < -0.4 is 10.6 Å². The highest BCUT2D eigenvalue weighted by molar-refractivity contribution is 6.06. The van der Waals surface area contributed by atoms with Crippen molar-refractivity contribution in [3.63, 3.8) is 0 Å². The van der Waals surface area contributed by atoms with Crippen molar-refractivity contribution in [1.82, 2.24) is 30.4 Å². The van der Waals surface area contributed by atoms with Gasteiger partial charge in [-0.05, 0) is 70.8 Å². The molecule has 16 heteroatoms. The molecule has 61 heavy (non-hydrogen) atoms. The van der Waals surface area contributed by atoms with Gasteiger partial charge in [-0.2, -0.15) is 0 Å². The highest BCUT2D eigenvalue weighted by Gasteiger charge is 2.53. The fourth-order valence-corrected chi connectivity index (χ4v) is 9.07. The average Bonchev–Trinajstić information content (AvgIpc) is 4.14. The lowest BCUT2D eigenvalue weighted by atomic mass is 9.95. The Bertz CT molecular complexity index is 2340. The predicted molar refractivity (Wildman–Crippen MR) is 226 cm³/mol. The first kappa shape index (κ1) is 41.9. The number of carbonyl (C=O) groups excluding carboxylic acids is 4. The molecule has 3 aromatic carbocycles. The van der Waals surface area contributed by atoms with E-state index >= 15 is 0 Å². The van der Waals surface area contributed by atoms with E-state index < -0.39 is 42.2 Å². The SMILES string of the molecule is COC(=O)N[C@H](C(=O)N1CC2(C[C@H]1c1ncc(-c3ccc(-c4ccc5c6c(ccc5c4)N=C([C@@H]4CCCN4C(=O)[C@@H](NC(=O)OC)[C@@H](C)OC)C6)cc3)[nH]1)OCCO2)C(C)C. The van der Waals surface area contributed by atoms with Crippen LogP contribution in [0, 0.1) is 5.92 Å². The molecule has 322 valence electrons. The normalized spacial score (nSPS) is 20.7. The third-order valence-electron chi connectivity index (χ3n) is 12.4. The van der Waals surface area contributed by atoms with Gasteiger partial charge in [-0.3, -0.25) is 14.6 Å². The summed E-state index contributed by atoms with van der Waals surface area (Å²) in [7, 11) is 4.05. The molecule has 5 heterocycles. The first-order valence-corrected chi connectivity index (χ1v) is 20.8. The van der Waals surface area contributed by atoms with E-state index in [0.29, 0.717) is 38.4 Å². The molecule has 0 saturated carbocycles. The standard InChI is InChI=1S/C45H53N7O9/c1-25(2)38(49-43(55)58-5)41(53)52-24-45(60-18-19-61-45)22-37(52)40-46-23-35(48-40)28-11-9-27(10-12-28)29-13-15-31-30(20-29)14-16-33-32(31)21-34(47-33)36-8-7-17-51(36)42(54)39(26(3)57-4)50-44(56)59-6/h9-16,20,23,25-26,36-39H,7-8,17-19,21-22,24H2,1-6H3,(H,46,48)(H,49,55)(H,50,56)/t26-,36+,37+,38+,39+/m1/s1. The molecule has 16 nitrogen and oxygen atoms in total. The molecule has 4 aromatic rings. The van der Waals surface area contributed by atoms with Gasteiger partial charge >= 0.3 is 12.2 Å². The van der Waals surface area contributed by atoms with Crippen molar-refractivity contribution in [2.45, 2.75) is 82.5 Å². The van der Waals surface area contributed by atoms with E-state index in [1.165, 1.54) is 21.3 Å². The minimum Gasteiger partial charge on any atom is -0.453 e. The zero-order valence-corrected chi connectivity index (χ0v) is 35.4. The van der Waals surface area contributed by atoms with Crippen molar-refractivity contribution >= 4 is 46.2 Å². The van der Waals surface area contributed by atoms with Crippen LogP contribution in [0.5, 0.6) is 0 Å². The summed E-state index contributed by atoms with van der Waals surface area (Å²) in [4.78, 5) is 68.8. The number of fused-ring (bicyclic) bond motifs is 3. The number of benzene rings is 3. The Morgan fingerprint density at radius 3 is 2.20 bits per heavy atom. The number of aromatic amines is 1. The molecular weight excluding hydrogens is 783 g/mol. The lowest BCUT2D eigenvalue weighted by Gasteiger charge is -2.31. The molecule has 0 radical (unpaired) electrons. The lowest BCUT2D eigenvalue weighted by molar-refractivity contribution is -0.153. The van der Waals surface area contributed by atoms with Crippen LogP contribution >= 0.6 is 0 Å². The molecule has 4 aliphatic rings. The van der Waals surface area contributed by atoms with Crippen LogP contribution in [0.15, 0.2) is 65.8 Å². The number of aliphatic imine (C=N–C) groups is 1. The number of likely N-dealkylation sites (tertiary alicyclic amines) is 2. The number of methoxy groups -OCH3 is 3. The molecule has 4 aliphatic heterocycles. The van der Waals surface area contributed by atoms with E-state index in [1.54, 1.807) is 18.0 Å². The second-order valence-corrected chi connectivity index (χ2v) is 16.4. The maximum Gasteiger partial charge on any atom is 0.407 e. The van der Waals surface area contributed by atoms with Crippen LogP contribution in [0.4, 0.5) is 15.3 Å². The number of hydrogen-bond donors (Lipinski definition) is 3. The number of ether oxygens (including phenoxy) is 5. The molecule has 3 N–H and O–H groups in total. The van der Waals surface area contributed by atoms with E-state index in [4.69, 9.17) is 33.7 Å². The number of hydrogen-bond acceptors (Lipinski definition) is 11. The number of nitrogens with zero attached hydrogens (tertiary/aromatic N) is 4. The highest BCUT2D eigenvalue weighted by Crippen LogP contribution is 2.43. The number of rotatable bonds is 11. The number of carbonyl (C=O) groups is 4. The van der Waals surface area contributed by atoms with Gasteiger partial charge in [-0.1, -0.05) is 56.3 Å². The highest BCUT2D eigenvalue weighted by atomic mass is 16.7. The molecular formula is C45H53N7O9. The first-order chi connectivity index (χ1) is 29.4. The Labute approximate surface area is 354 Å². The molecule has 3 saturated heterocycles. The van der Waals surface area contributed by atoms with E-state index in [2.05, 4.69) is 52.0 Å². The minimum atomic E-state index is -0.937. The first-order valence-electron chi connectivity index (χ1n) is 20.8. The largest absolute Gasteiger partial charge is 0.453 e. The van der Waals surface area contributed by atoms with Crippen molar-refractivity contribution in [1.29, 1.82) is 0 Å². The van der Waals surface area contributed by atoms with Gasteiger partial charge in [0.1, 0.15) is 17.9 Å². The van der Waals surface area contributed by atoms with Gasteiger partial charge in [-0.15, -0.1) is 0 Å². The van der Waals surface area contributed by atoms with Crippen LogP contribution in [-0.2, 0) is 39.7 Å². The van der Waals surface area contributed by atoms with Gasteiger partial charge in [0.25, 0.3) is 0 Å². The predicted octanol–water partition coefficient (Wildman–Crippen LogP) is 5.67. The van der Waals surface area contributed by atoms with Crippen LogP contribution in [0.1, 0.15) is 57.5 Å². The van der Waals surface area contributed by atoms with Gasteiger partial charge in [0.05, 0.1) is 69.7 Å². The molecule has 1 spiro atoms. The van der Waals surface area contributed by atoms with Crippen LogP contribution in [0.25, 0.3) is 33.2 Å². The number of alkyl carbamates (subject to hydrolysis) is 2. The second kappa shape index (κ2) is 17.3. The Morgan fingerprint density at radius 2 is 1.51 bits per heavy atom. The van der Waals surface area contributed by atoms with Crippen molar-refractivity contribution in [2.75, 3.05) is 47.6 Å². The number of imidazole rings is 1. The number of nitrogens with one attached hydrogen (secondary N) is 3. The average molecular weight is 836 g/mol. The number of H-pyrrole nitrogens is 1. The zero-order chi connectivity index (χ0) is 43.0. The zero-order valence-electron chi connectivity index (χ0n) is 35.4. The minimum absolute atomic E-state index is 0.177. The maximum absolute atomic E-state index is 14.0. The van der Waals surface area contributed by atoms with E-state index in [0.717, 1.165) is 63.0 Å². The van der Waals surface area contributed by atoms with Crippen molar-refractivity contribution in [3.8, 4) is 22.4 Å². The number of amides is 4. The van der Waals surface area contributed by atoms with Crippen molar-refractivity contribution in [3.05, 3.63) is 72.2 Å². The summed E-state index contributed by atoms with van der Waals surface area (Å²) in [5.74, 6) is -1.00. The molecule has 0 aliphatic carbocycles. The monoisotopic (exact) mass is 835 g/mol. The smallest absolute Gasteiger partial charge is 0.407 e. The molecule has 0 bridgehead atoms. The van der Waals surface area contributed by atoms with E-state index in [9.17, 15) is 19.2 Å². The van der Waals surface area contributed by atoms with Gasteiger partial charge in [0.2, 0.25) is 11.8 Å². The lowest BCUT2D eigenvalue weighted by Crippen LogP contribution is -2.56. The fraction of sp³-hybridized carbons (Fsp3) is 0.467. The summed E-state index contributed by atoms with van der Waals surface area (Å²) in [5, 5.41) is 7.56. The van der Waals surface area contributed by atoms with Gasteiger partial charge < -0.3 is 49.1 Å². The summed E-state index contributed by atoms with van der Waals surface area (Å²) in [6.45, 7) is 7.15. The Hall–Kier alpha value is -5.84. The van der Waals surface area contributed by atoms with Crippen molar-refractivity contribution in [2.24, 2.45) is 10.9 Å². The van der Waals surface area contributed by atoms with Crippen LogP contribution in [0.3, 0.4) is 0 Å².